The number of benzene rings is 1. The highest BCUT2D eigenvalue weighted by atomic mass is 16.2. The summed E-state index contributed by atoms with van der Waals surface area (Å²) in [5.74, 6) is 0.909. The van der Waals surface area contributed by atoms with Gasteiger partial charge in [-0.2, -0.15) is 5.10 Å². The van der Waals surface area contributed by atoms with Crippen molar-refractivity contribution in [2.24, 2.45) is 7.05 Å². The standard InChI is InChI=1S/C17H19N5O/c1-21-11-12(10-18-21)17(23)22-9-5-4-8-15(22)16-19-13-6-2-3-7-14(13)20-16/h2-3,6-7,10-11,15H,4-5,8-9H2,1H3,(H,19,20). The number of aromatic amines is 1. The number of imidazole rings is 1. The summed E-state index contributed by atoms with van der Waals surface area (Å²) in [7, 11) is 1.82. The molecule has 0 spiro atoms. The van der Waals surface area contributed by atoms with Crippen molar-refractivity contribution >= 4 is 16.9 Å². The van der Waals surface area contributed by atoms with Crippen LogP contribution in [0.5, 0.6) is 0 Å². The molecule has 0 saturated carbocycles. The molecule has 0 aliphatic carbocycles. The number of nitrogens with zero attached hydrogens (tertiary/aromatic N) is 4. The summed E-state index contributed by atoms with van der Waals surface area (Å²) in [6, 6.07) is 7.98. The fraction of sp³-hybridized carbons (Fsp3) is 0.353. The predicted molar refractivity (Wildman–Crippen MR) is 86.9 cm³/mol. The molecule has 1 atom stereocenters. The van der Waals surface area contributed by atoms with Crippen LogP contribution >= 0.6 is 0 Å². The molecule has 3 aromatic rings. The summed E-state index contributed by atoms with van der Waals surface area (Å²) >= 11 is 0. The van der Waals surface area contributed by atoms with Gasteiger partial charge in [-0.15, -0.1) is 0 Å². The van der Waals surface area contributed by atoms with E-state index in [1.165, 1.54) is 0 Å². The number of aryl methyl sites for hydroxylation is 1. The maximum atomic E-state index is 12.8. The number of fused-ring (bicyclic) bond motifs is 1. The maximum absolute atomic E-state index is 12.8. The van der Waals surface area contributed by atoms with Crippen LogP contribution in [0.25, 0.3) is 11.0 Å². The van der Waals surface area contributed by atoms with Gasteiger partial charge in [0.05, 0.1) is 28.8 Å². The number of H-pyrrole nitrogens is 1. The highest BCUT2D eigenvalue weighted by molar-refractivity contribution is 5.94. The lowest BCUT2D eigenvalue weighted by Gasteiger charge is -2.34. The molecule has 6 nitrogen and oxygen atoms in total. The van der Waals surface area contributed by atoms with E-state index in [2.05, 4.69) is 10.1 Å². The van der Waals surface area contributed by atoms with Crippen LogP contribution in [0.15, 0.2) is 36.7 Å². The first kappa shape index (κ1) is 14.0. The highest BCUT2D eigenvalue weighted by Gasteiger charge is 2.31. The second-order valence-corrected chi connectivity index (χ2v) is 6.05. The lowest BCUT2D eigenvalue weighted by molar-refractivity contribution is 0.0601. The van der Waals surface area contributed by atoms with Crippen molar-refractivity contribution in [1.29, 1.82) is 0 Å². The zero-order valence-electron chi connectivity index (χ0n) is 13.1. The van der Waals surface area contributed by atoms with E-state index >= 15 is 0 Å². The van der Waals surface area contributed by atoms with Crippen molar-refractivity contribution in [3.63, 3.8) is 0 Å². The third-order valence-corrected chi connectivity index (χ3v) is 4.44. The van der Waals surface area contributed by atoms with Crippen molar-refractivity contribution in [3.8, 4) is 0 Å². The van der Waals surface area contributed by atoms with Crippen molar-refractivity contribution in [3.05, 3.63) is 48.0 Å². The van der Waals surface area contributed by atoms with Crippen LogP contribution in [0.4, 0.5) is 0 Å². The summed E-state index contributed by atoms with van der Waals surface area (Å²) in [6.07, 6.45) is 6.48. The Labute approximate surface area is 134 Å². The quantitative estimate of drug-likeness (QED) is 0.791. The van der Waals surface area contributed by atoms with Gasteiger partial charge in [-0.05, 0) is 31.4 Å². The minimum atomic E-state index is 0.00357. The number of likely N-dealkylation sites (tertiary alicyclic amines) is 1. The molecule has 1 unspecified atom stereocenters. The second-order valence-electron chi connectivity index (χ2n) is 6.05. The molecule has 1 aliphatic rings. The normalized spacial score (nSPS) is 18.5. The highest BCUT2D eigenvalue weighted by Crippen LogP contribution is 2.31. The van der Waals surface area contributed by atoms with Gasteiger partial charge in [0.25, 0.3) is 5.91 Å². The third-order valence-electron chi connectivity index (χ3n) is 4.44. The molecule has 1 saturated heterocycles. The minimum Gasteiger partial charge on any atom is -0.340 e. The Kier molecular flexibility index (Phi) is 3.37. The van der Waals surface area contributed by atoms with Gasteiger partial charge in [0, 0.05) is 19.8 Å². The Hall–Kier alpha value is -2.63. The average molecular weight is 309 g/mol. The molecule has 3 heterocycles. The molecule has 6 heteroatoms. The molecule has 1 fully saturated rings. The molecule has 1 aliphatic heterocycles. The molecule has 0 radical (unpaired) electrons. The summed E-state index contributed by atoms with van der Waals surface area (Å²) in [4.78, 5) is 22.9. The van der Waals surface area contributed by atoms with E-state index in [9.17, 15) is 4.79 Å². The summed E-state index contributed by atoms with van der Waals surface area (Å²) in [6.45, 7) is 0.759. The molecule has 1 N–H and O–H groups in total. The van der Waals surface area contributed by atoms with E-state index in [0.29, 0.717) is 5.56 Å². The number of nitrogens with one attached hydrogen (secondary N) is 1. The minimum absolute atomic E-state index is 0.00357. The van der Waals surface area contributed by atoms with Gasteiger partial charge < -0.3 is 9.88 Å². The lowest BCUT2D eigenvalue weighted by Crippen LogP contribution is -2.38. The number of amides is 1. The molecule has 0 bridgehead atoms. The summed E-state index contributed by atoms with van der Waals surface area (Å²) in [5, 5.41) is 4.11. The number of carbonyl (C=O) groups excluding carboxylic acids is 1. The monoisotopic (exact) mass is 309 g/mol. The van der Waals surface area contributed by atoms with Crippen molar-refractivity contribution in [2.75, 3.05) is 6.54 Å². The van der Waals surface area contributed by atoms with Gasteiger partial charge in [-0.3, -0.25) is 9.48 Å². The van der Waals surface area contributed by atoms with Gasteiger partial charge in [0.15, 0.2) is 0 Å². The maximum Gasteiger partial charge on any atom is 0.257 e. The Morgan fingerprint density at radius 2 is 2.17 bits per heavy atom. The second kappa shape index (κ2) is 5.53. The average Bonchev–Trinajstić information content (AvgIpc) is 3.20. The van der Waals surface area contributed by atoms with E-state index in [0.717, 1.165) is 42.7 Å². The first-order chi connectivity index (χ1) is 11.2. The van der Waals surface area contributed by atoms with Crippen molar-refractivity contribution < 1.29 is 4.79 Å². The van der Waals surface area contributed by atoms with Gasteiger partial charge in [0.2, 0.25) is 0 Å². The van der Waals surface area contributed by atoms with Crippen LogP contribution in [-0.2, 0) is 7.05 Å². The number of rotatable bonds is 2. The van der Waals surface area contributed by atoms with Crippen LogP contribution < -0.4 is 0 Å². The molecular weight excluding hydrogens is 290 g/mol. The fourth-order valence-corrected chi connectivity index (χ4v) is 3.29. The Morgan fingerprint density at radius 1 is 1.30 bits per heavy atom. The molecule has 23 heavy (non-hydrogen) atoms. The summed E-state index contributed by atoms with van der Waals surface area (Å²) in [5.41, 5.74) is 2.60. The van der Waals surface area contributed by atoms with Crippen LogP contribution in [-0.4, -0.2) is 37.1 Å². The van der Waals surface area contributed by atoms with E-state index < -0.39 is 0 Å². The number of hydrogen-bond acceptors (Lipinski definition) is 3. The largest absolute Gasteiger partial charge is 0.340 e. The number of carbonyl (C=O) groups is 1. The van der Waals surface area contributed by atoms with Gasteiger partial charge in [0.1, 0.15) is 5.82 Å². The van der Waals surface area contributed by atoms with E-state index in [4.69, 9.17) is 4.98 Å². The Morgan fingerprint density at radius 3 is 2.96 bits per heavy atom. The van der Waals surface area contributed by atoms with Gasteiger partial charge >= 0.3 is 0 Å². The number of hydrogen-bond donors (Lipinski definition) is 1. The van der Waals surface area contributed by atoms with Crippen molar-refractivity contribution in [1.82, 2.24) is 24.6 Å². The zero-order valence-corrected chi connectivity index (χ0v) is 13.1. The van der Waals surface area contributed by atoms with Crippen LogP contribution in [0.3, 0.4) is 0 Å². The Balaban J connectivity index is 1.68. The molecule has 1 aromatic carbocycles. The predicted octanol–water partition coefficient (Wildman–Crippen LogP) is 2.66. The first-order valence-corrected chi connectivity index (χ1v) is 7.96. The van der Waals surface area contributed by atoms with Crippen LogP contribution in [0.1, 0.15) is 41.5 Å². The Bertz CT molecular complexity index is 816. The topological polar surface area (TPSA) is 66.8 Å². The van der Waals surface area contributed by atoms with Crippen LogP contribution in [0, 0.1) is 0 Å². The lowest BCUT2D eigenvalue weighted by atomic mass is 10.0. The third kappa shape index (κ3) is 2.50. The zero-order chi connectivity index (χ0) is 15.8. The summed E-state index contributed by atoms with van der Waals surface area (Å²) < 4.78 is 1.66. The van der Waals surface area contributed by atoms with Crippen LogP contribution in [0.2, 0.25) is 0 Å². The van der Waals surface area contributed by atoms with E-state index in [1.54, 1.807) is 17.1 Å². The van der Waals surface area contributed by atoms with E-state index in [-0.39, 0.29) is 11.9 Å². The first-order valence-electron chi connectivity index (χ1n) is 7.96. The number of aromatic nitrogens is 4. The SMILES string of the molecule is Cn1cc(C(=O)N2CCCCC2c2nc3ccccc3[nH]2)cn1. The van der Waals surface area contributed by atoms with Crippen molar-refractivity contribution in [2.45, 2.75) is 25.3 Å². The van der Waals surface area contributed by atoms with Gasteiger partial charge in [-0.1, -0.05) is 12.1 Å². The molecule has 118 valence electrons. The smallest absolute Gasteiger partial charge is 0.257 e. The fourth-order valence-electron chi connectivity index (χ4n) is 3.29. The number of para-hydroxylation sites is 2. The van der Waals surface area contributed by atoms with Gasteiger partial charge in [-0.25, -0.2) is 4.98 Å². The molecule has 1 amide bonds. The van der Waals surface area contributed by atoms with E-state index in [1.807, 2.05) is 36.2 Å². The molecular formula is C17H19N5O. The molecule has 4 rings (SSSR count). The molecule has 2 aromatic heterocycles. The number of piperidine rings is 1.